The van der Waals surface area contributed by atoms with Gasteiger partial charge in [0, 0.05) is 50.3 Å². The number of hydrogen-bond donors (Lipinski definition) is 0. The zero-order chi connectivity index (χ0) is 39.0. The van der Waals surface area contributed by atoms with Gasteiger partial charge in [0.05, 0.1) is 51.1 Å². The van der Waals surface area contributed by atoms with Crippen LogP contribution >= 0.6 is 15.6 Å². The second-order valence-corrected chi connectivity index (χ2v) is 14.5. The van der Waals surface area contributed by atoms with Crippen LogP contribution in [0.1, 0.15) is 54.9 Å². The van der Waals surface area contributed by atoms with Gasteiger partial charge in [-0.2, -0.15) is 5.26 Å². The summed E-state index contributed by atoms with van der Waals surface area (Å²) in [7, 11) is -21.3. The molecule has 21 heteroatoms. The van der Waals surface area contributed by atoms with Crippen molar-refractivity contribution in [2.75, 3.05) is 0 Å². The zero-order valence-electron chi connectivity index (χ0n) is 27.0. The smallest absolute Gasteiger partial charge is 0 e. The minimum atomic E-state index is -10.7. The molecule has 5 heterocycles. The average molecular weight is 825 g/mol. The first kappa shape index (κ1) is 45.9. The van der Waals surface area contributed by atoms with Crippen molar-refractivity contribution < 1.29 is 68.9 Å². The van der Waals surface area contributed by atoms with Crippen LogP contribution < -0.4 is 0 Å². The van der Waals surface area contributed by atoms with E-state index in [-0.39, 0.29) is 18.6 Å². The monoisotopic (exact) mass is 825 g/mol. The Morgan fingerprint density at radius 2 is 0.635 bits per heavy atom. The molecule has 0 spiro atoms. The molecule has 0 aliphatic heterocycles. The van der Waals surface area contributed by atoms with Crippen LogP contribution in [0.3, 0.4) is 0 Å². The Kier molecular flexibility index (Phi) is 13.3. The molecule has 0 aliphatic rings. The van der Waals surface area contributed by atoms with Crippen molar-refractivity contribution in [2.24, 2.45) is 0 Å². The topological polar surface area (TPSA) is 88.2 Å². The molecule has 0 bridgehead atoms. The van der Waals surface area contributed by atoms with Gasteiger partial charge in [-0.25, -0.2) is 0 Å². The average Bonchev–Trinajstić information content (AvgIpc) is 3.03. The maximum absolute atomic E-state index is 10.7. The quantitative estimate of drug-likeness (QED) is 0.125. The van der Waals surface area contributed by atoms with Crippen molar-refractivity contribution in [1.82, 2.24) is 24.9 Å². The molecule has 1 radical (unpaired) electrons. The number of hydrogen-bond acceptors (Lipinski definition) is 6. The Labute approximate surface area is 301 Å². The fraction of sp³-hybridized carbons (Fsp3) is 0.161. The summed E-state index contributed by atoms with van der Waals surface area (Å²) in [5.74, 6) is 0. The van der Waals surface area contributed by atoms with E-state index >= 15 is 0 Å². The summed E-state index contributed by atoms with van der Waals surface area (Å²) in [6.45, 7) is 5.69. The second-order valence-electron chi connectivity index (χ2n) is 10.7. The van der Waals surface area contributed by atoms with Crippen molar-refractivity contribution >= 4 is 15.6 Å². The van der Waals surface area contributed by atoms with Gasteiger partial charge in [0.2, 0.25) is 0 Å². The molecule has 0 unspecified atom stereocenters. The molecule has 0 aliphatic carbocycles. The van der Waals surface area contributed by atoms with Crippen LogP contribution in [0.5, 0.6) is 0 Å². The van der Waals surface area contributed by atoms with Crippen LogP contribution in [-0.2, 0) is 29.4 Å². The standard InChI is InChI=1S/C29H25N5.C2H3N.2F6P.V/c1-28(22-12-3-7-18-30-22,23-13-4-8-19-31-23)26-16-11-17-27(34-26)29(2,24-14-5-9-20-32-24)25-15-6-10-21-33-25;1-2-3;2*1-7(2,3,4,5)6;/h3-21H,1-2H3;1H3;;;/q;;2*-1;. The summed E-state index contributed by atoms with van der Waals surface area (Å²) in [5.41, 5.74) is 3.97. The number of halogens is 12. The number of nitrogens with zero attached hydrogens (tertiary/aromatic N) is 6. The van der Waals surface area contributed by atoms with E-state index < -0.39 is 26.4 Å². The molecule has 0 saturated carbocycles. The zero-order valence-corrected chi connectivity index (χ0v) is 30.2. The van der Waals surface area contributed by atoms with Gasteiger partial charge in [-0.15, -0.1) is 0 Å². The van der Waals surface area contributed by atoms with Crippen LogP contribution in [-0.4, -0.2) is 24.9 Å². The molecule has 0 atom stereocenters. The molecule has 5 aromatic heterocycles. The van der Waals surface area contributed by atoms with Gasteiger partial charge in [-0.05, 0) is 74.5 Å². The van der Waals surface area contributed by atoms with E-state index in [0.29, 0.717) is 0 Å². The van der Waals surface area contributed by atoms with E-state index in [9.17, 15) is 50.4 Å². The molecule has 0 amide bonds. The van der Waals surface area contributed by atoms with Gasteiger partial charge in [-0.3, -0.25) is 24.9 Å². The van der Waals surface area contributed by atoms with Crippen LogP contribution in [0.2, 0.25) is 0 Å². The minimum Gasteiger partial charge on any atom is 0 e. The minimum absolute atomic E-state index is 0. The Hall–Kier alpha value is -4.16. The molecule has 52 heavy (non-hydrogen) atoms. The second kappa shape index (κ2) is 15.1. The van der Waals surface area contributed by atoms with E-state index in [1.165, 1.54) is 6.92 Å². The molecular weight excluding hydrogens is 797 g/mol. The summed E-state index contributed by atoms with van der Waals surface area (Å²) in [5, 5.41) is 7.32. The summed E-state index contributed by atoms with van der Waals surface area (Å²) in [4.78, 5) is 24.1. The van der Waals surface area contributed by atoms with Crippen molar-refractivity contribution in [2.45, 2.75) is 31.6 Å². The third-order valence-corrected chi connectivity index (χ3v) is 6.48. The first-order chi connectivity index (χ1) is 22.9. The SMILES string of the molecule is CC#N.CC(c1ccccn1)(c1ccccn1)c1cccc(C(C)(c2ccccn2)c2ccccn2)n1.F[P-](F)(F)(F)(F)F.F[P-](F)(F)(F)(F)F.[V]. The first-order valence-corrected chi connectivity index (χ1v) is 18.1. The molecular formula is C31H28F12N6P2V-2. The Morgan fingerprint density at radius 3 is 0.808 bits per heavy atom. The molecule has 5 aromatic rings. The largest absolute Gasteiger partial charge is 0 e. The maximum Gasteiger partial charge on any atom is 0 e. The third-order valence-electron chi connectivity index (χ3n) is 6.48. The third kappa shape index (κ3) is 16.9. The van der Waals surface area contributed by atoms with Gasteiger partial charge < -0.3 is 0 Å². The van der Waals surface area contributed by atoms with Crippen molar-refractivity contribution in [3.05, 3.63) is 150 Å². The first-order valence-electron chi connectivity index (χ1n) is 14.0. The molecule has 6 nitrogen and oxygen atoms in total. The van der Waals surface area contributed by atoms with Crippen LogP contribution in [0.25, 0.3) is 0 Å². The van der Waals surface area contributed by atoms with E-state index in [0.717, 1.165) is 34.2 Å². The van der Waals surface area contributed by atoms with E-state index in [4.69, 9.17) is 30.2 Å². The predicted molar refractivity (Wildman–Crippen MR) is 171 cm³/mol. The molecule has 0 aromatic carbocycles. The Balaban J connectivity index is 0.000000629. The Bertz CT molecular complexity index is 1690. The summed E-state index contributed by atoms with van der Waals surface area (Å²) in [6, 6.07) is 31.7. The predicted octanol–water partition coefficient (Wildman–Crippen LogP) is 12.7. The fourth-order valence-corrected chi connectivity index (χ4v) is 4.41. The van der Waals surface area contributed by atoms with Gasteiger partial charge in [-0.1, -0.05) is 30.3 Å². The summed E-state index contributed by atoms with van der Waals surface area (Å²) < 4.78 is 118. The van der Waals surface area contributed by atoms with Gasteiger partial charge >= 0.3 is 66.0 Å². The van der Waals surface area contributed by atoms with Crippen molar-refractivity contribution in [3.63, 3.8) is 0 Å². The molecule has 283 valence electrons. The maximum atomic E-state index is 9.87. The van der Waals surface area contributed by atoms with E-state index in [2.05, 4.69) is 13.8 Å². The van der Waals surface area contributed by atoms with E-state index in [1.807, 2.05) is 116 Å². The number of rotatable bonds is 6. The van der Waals surface area contributed by atoms with Gasteiger partial charge in [0.1, 0.15) is 0 Å². The number of pyridine rings is 5. The molecule has 0 N–H and O–H groups in total. The van der Waals surface area contributed by atoms with Crippen LogP contribution in [0, 0.1) is 11.3 Å². The molecule has 5 rings (SSSR count). The van der Waals surface area contributed by atoms with E-state index in [1.54, 1.807) is 6.07 Å². The van der Waals surface area contributed by atoms with Crippen LogP contribution in [0.4, 0.5) is 50.4 Å². The van der Waals surface area contributed by atoms with Crippen molar-refractivity contribution in [1.29, 1.82) is 5.26 Å². The summed E-state index contributed by atoms with van der Waals surface area (Å²) in [6.07, 6.45) is 7.25. The fourth-order valence-electron chi connectivity index (χ4n) is 4.41. The van der Waals surface area contributed by atoms with Crippen LogP contribution in [0.15, 0.2) is 116 Å². The molecule has 0 fully saturated rings. The number of aromatic nitrogens is 5. The summed E-state index contributed by atoms with van der Waals surface area (Å²) >= 11 is 0. The molecule has 0 saturated heterocycles. The normalized spacial score (nSPS) is 14.1. The van der Waals surface area contributed by atoms with Gasteiger partial charge in [0.15, 0.2) is 0 Å². The number of nitriles is 1. The van der Waals surface area contributed by atoms with Gasteiger partial charge in [0.25, 0.3) is 0 Å². The Morgan fingerprint density at radius 1 is 0.442 bits per heavy atom. The van der Waals surface area contributed by atoms with Crippen molar-refractivity contribution in [3.8, 4) is 6.07 Å².